The molecule has 0 spiro atoms. The summed E-state index contributed by atoms with van der Waals surface area (Å²) in [4.78, 5) is 19.3. The van der Waals surface area contributed by atoms with Crippen molar-refractivity contribution in [3.8, 4) is 11.8 Å². The van der Waals surface area contributed by atoms with E-state index in [-0.39, 0.29) is 5.91 Å². The van der Waals surface area contributed by atoms with E-state index in [0.29, 0.717) is 25.1 Å². The molecule has 4 N–H and O–H groups in total. The molecule has 0 fully saturated rings. The van der Waals surface area contributed by atoms with E-state index in [1.54, 1.807) is 18.5 Å². The van der Waals surface area contributed by atoms with Crippen LogP contribution >= 0.6 is 0 Å². The summed E-state index contributed by atoms with van der Waals surface area (Å²) in [6.07, 6.45) is 4.13. The lowest BCUT2D eigenvalue weighted by Gasteiger charge is -2.07. The monoisotopic (exact) mass is 282 g/mol. The lowest BCUT2D eigenvalue weighted by Crippen LogP contribution is -2.26. The maximum Gasteiger partial charge on any atom is 0.251 e. The first-order valence-corrected chi connectivity index (χ1v) is 6.76. The number of aromatic nitrogens is 2. The lowest BCUT2D eigenvalue weighted by molar-refractivity contribution is 0.0953. The molecule has 0 atom stereocenters. The number of rotatable bonds is 4. The number of benzene rings is 1. The van der Waals surface area contributed by atoms with Gasteiger partial charge in [0.05, 0.1) is 6.54 Å². The summed E-state index contributed by atoms with van der Waals surface area (Å²) < 4.78 is 0. The largest absolute Gasteiger partial charge is 0.352 e. The number of carbonyl (C=O) groups excluding carboxylic acids is 1. The van der Waals surface area contributed by atoms with Gasteiger partial charge in [-0.25, -0.2) is 4.98 Å². The predicted octanol–water partition coefficient (Wildman–Crippen LogP) is 1.00. The van der Waals surface area contributed by atoms with Gasteiger partial charge in [-0.15, -0.1) is 0 Å². The van der Waals surface area contributed by atoms with Gasteiger partial charge in [0.25, 0.3) is 5.91 Å². The zero-order chi connectivity index (χ0) is 15.1. The van der Waals surface area contributed by atoms with Crippen molar-refractivity contribution in [2.45, 2.75) is 13.3 Å². The highest BCUT2D eigenvalue weighted by molar-refractivity contribution is 5.96. The van der Waals surface area contributed by atoms with Crippen molar-refractivity contribution in [3.05, 3.63) is 53.1 Å². The molecule has 0 radical (unpaired) electrons. The summed E-state index contributed by atoms with van der Waals surface area (Å²) in [6.45, 7) is 2.74. The molecule has 1 aromatic carbocycles. The molecule has 0 aliphatic heterocycles. The molecule has 5 nitrogen and oxygen atoms in total. The molecule has 1 heterocycles. The quantitative estimate of drug-likeness (QED) is 0.732. The zero-order valence-electron chi connectivity index (χ0n) is 11.9. The van der Waals surface area contributed by atoms with Crippen LogP contribution in [0, 0.1) is 18.8 Å². The highest BCUT2D eigenvalue weighted by Crippen LogP contribution is 2.10. The number of nitrogens with two attached hydrogens (primary N) is 1. The van der Waals surface area contributed by atoms with E-state index in [4.69, 9.17) is 5.73 Å². The van der Waals surface area contributed by atoms with Crippen LogP contribution in [0.2, 0.25) is 0 Å². The van der Waals surface area contributed by atoms with Crippen LogP contribution in [0.5, 0.6) is 0 Å². The molecule has 0 aliphatic rings. The topological polar surface area (TPSA) is 83.8 Å². The summed E-state index contributed by atoms with van der Waals surface area (Å²) in [6, 6.07) is 5.57. The molecule has 5 heteroatoms. The van der Waals surface area contributed by atoms with E-state index in [2.05, 4.69) is 27.1 Å². The van der Waals surface area contributed by atoms with E-state index < -0.39 is 0 Å². The van der Waals surface area contributed by atoms with Gasteiger partial charge < -0.3 is 16.0 Å². The van der Waals surface area contributed by atoms with Crippen LogP contribution in [0.15, 0.2) is 30.6 Å². The van der Waals surface area contributed by atoms with Crippen LogP contribution in [0.25, 0.3) is 0 Å². The average Bonchev–Trinajstić information content (AvgIpc) is 2.99. The van der Waals surface area contributed by atoms with Gasteiger partial charge in [-0.1, -0.05) is 17.9 Å². The van der Waals surface area contributed by atoms with Crippen molar-refractivity contribution >= 4 is 5.91 Å². The maximum atomic E-state index is 12.2. The molecule has 0 saturated heterocycles. The second-order valence-corrected chi connectivity index (χ2v) is 4.58. The Hall–Kier alpha value is -2.58. The Labute approximate surface area is 124 Å². The Morgan fingerprint density at radius 3 is 3.05 bits per heavy atom. The number of aromatic amines is 1. The number of hydrogen-bond acceptors (Lipinski definition) is 3. The maximum absolute atomic E-state index is 12.2. The number of nitrogens with zero attached hydrogens (tertiary/aromatic N) is 1. The van der Waals surface area contributed by atoms with Crippen molar-refractivity contribution in [3.63, 3.8) is 0 Å². The molecule has 0 aliphatic carbocycles. The summed E-state index contributed by atoms with van der Waals surface area (Å²) in [5, 5.41) is 2.89. The molecule has 2 rings (SSSR count). The van der Waals surface area contributed by atoms with Gasteiger partial charge >= 0.3 is 0 Å². The first kappa shape index (κ1) is 14.8. The first-order chi connectivity index (χ1) is 10.2. The van der Waals surface area contributed by atoms with Gasteiger partial charge in [0, 0.05) is 36.5 Å². The van der Waals surface area contributed by atoms with Crippen LogP contribution in [0.3, 0.4) is 0 Å². The molecule has 1 amide bonds. The third-order valence-electron chi connectivity index (χ3n) is 3.02. The number of carbonyl (C=O) groups is 1. The molecule has 2 aromatic rings. The number of nitrogens with one attached hydrogen (secondary N) is 2. The molecular formula is C16H18N4O. The van der Waals surface area contributed by atoms with Crippen LogP contribution in [0.4, 0.5) is 0 Å². The summed E-state index contributed by atoms with van der Waals surface area (Å²) in [5.41, 5.74) is 7.71. The third kappa shape index (κ3) is 4.20. The minimum Gasteiger partial charge on any atom is -0.352 e. The molecular weight excluding hydrogens is 264 g/mol. The number of amides is 1. The van der Waals surface area contributed by atoms with Crippen LogP contribution in [0.1, 0.15) is 27.3 Å². The average molecular weight is 282 g/mol. The highest BCUT2D eigenvalue weighted by Gasteiger charge is 2.09. The van der Waals surface area contributed by atoms with Crippen molar-refractivity contribution in [2.24, 2.45) is 5.73 Å². The van der Waals surface area contributed by atoms with Crippen molar-refractivity contribution in [2.75, 3.05) is 13.1 Å². The second-order valence-electron chi connectivity index (χ2n) is 4.58. The Morgan fingerprint density at radius 1 is 1.48 bits per heavy atom. The van der Waals surface area contributed by atoms with Crippen molar-refractivity contribution < 1.29 is 4.79 Å². The van der Waals surface area contributed by atoms with Crippen LogP contribution in [-0.2, 0) is 6.42 Å². The van der Waals surface area contributed by atoms with Gasteiger partial charge in [-0.05, 0) is 24.6 Å². The molecule has 21 heavy (non-hydrogen) atoms. The smallest absolute Gasteiger partial charge is 0.251 e. The normalized spacial score (nSPS) is 9.81. The zero-order valence-corrected chi connectivity index (χ0v) is 11.9. The minimum atomic E-state index is -0.101. The van der Waals surface area contributed by atoms with E-state index in [1.165, 1.54) is 0 Å². The SMILES string of the molecule is Cc1ccc(C#CCN)cc1C(=O)NCCc1ncc[nH]1. The van der Waals surface area contributed by atoms with Crippen molar-refractivity contribution in [1.29, 1.82) is 0 Å². The standard InChI is InChI=1S/C16H18N4O/c1-12-4-5-13(3-2-7-17)11-14(12)16(21)20-8-6-15-18-9-10-19-15/h4-5,9-11H,6-8,17H2,1H3,(H,18,19)(H,20,21). The Balaban J connectivity index is 2.00. The van der Waals surface area contributed by atoms with Gasteiger partial charge in [-0.2, -0.15) is 0 Å². The number of H-pyrrole nitrogens is 1. The van der Waals surface area contributed by atoms with E-state index in [9.17, 15) is 4.79 Å². The van der Waals surface area contributed by atoms with Crippen LogP contribution < -0.4 is 11.1 Å². The highest BCUT2D eigenvalue weighted by atomic mass is 16.1. The second kappa shape index (κ2) is 7.27. The summed E-state index contributed by atoms with van der Waals surface area (Å²) in [7, 11) is 0. The number of hydrogen-bond donors (Lipinski definition) is 3. The third-order valence-corrected chi connectivity index (χ3v) is 3.02. The number of imidazole rings is 1. The fourth-order valence-electron chi connectivity index (χ4n) is 1.92. The van der Waals surface area contributed by atoms with Crippen LogP contribution in [-0.4, -0.2) is 29.0 Å². The molecule has 0 bridgehead atoms. The number of aryl methyl sites for hydroxylation is 1. The predicted molar refractivity (Wildman–Crippen MR) is 81.7 cm³/mol. The van der Waals surface area contributed by atoms with E-state index >= 15 is 0 Å². The van der Waals surface area contributed by atoms with E-state index in [1.807, 2.05) is 19.1 Å². The summed E-state index contributed by atoms with van der Waals surface area (Å²) >= 11 is 0. The van der Waals surface area contributed by atoms with Gasteiger partial charge in [-0.3, -0.25) is 4.79 Å². The van der Waals surface area contributed by atoms with Crippen molar-refractivity contribution in [1.82, 2.24) is 15.3 Å². The lowest BCUT2D eigenvalue weighted by atomic mass is 10.0. The fraction of sp³-hybridized carbons (Fsp3) is 0.250. The first-order valence-electron chi connectivity index (χ1n) is 6.76. The van der Waals surface area contributed by atoms with Gasteiger partial charge in [0.15, 0.2) is 0 Å². The Kier molecular flexibility index (Phi) is 5.13. The van der Waals surface area contributed by atoms with Gasteiger partial charge in [0.1, 0.15) is 5.82 Å². The van der Waals surface area contributed by atoms with E-state index in [0.717, 1.165) is 17.0 Å². The molecule has 0 unspecified atom stereocenters. The molecule has 108 valence electrons. The molecule has 0 saturated carbocycles. The fourth-order valence-corrected chi connectivity index (χ4v) is 1.92. The molecule has 1 aromatic heterocycles. The summed E-state index contributed by atoms with van der Waals surface area (Å²) in [5.74, 6) is 6.48. The minimum absolute atomic E-state index is 0.101. The Bertz CT molecular complexity index is 665. The van der Waals surface area contributed by atoms with Gasteiger partial charge in [0.2, 0.25) is 0 Å². The Morgan fingerprint density at radius 2 is 2.33 bits per heavy atom.